The van der Waals surface area contributed by atoms with Crippen molar-refractivity contribution in [3.05, 3.63) is 59.7 Å². The zero-order chi connectivity index (χ0) is 20.5. The molecule has 156 valence electrons. The van der Waals surface area contributed by atoms with Gasteiger partial charge in [-0.25, -0.2) is 0 Å². The highest BCUT2D eigenvalue weighted by atomic mass is 19.4. The van der Waals surface area contributed by atoms with Crippen LogP contribution in [-0.2, 0) is 17.5 Å². The smallest absolute Gasteiger partial charge is 0.416 e. The van der Waals surface area contributed by atoms with Gasteiger partial charge in [-0.2, -0.15) is 13.2 Å². The Bertz CT molecular complexity index is 857. The lowest BCUT2D eigenvalue weighted by Crippen LogP contribution is -2.41. The number of alkyl halides is 3. The first kappa shape index (κ1) is 20.2. The number of fused-ring (bicyclic) bond motifs is 1. The lowest BCUT2D eigenvalue weighted by molar-refractivity contribution is -0.137. The fourth-order valence-electron chi connectivity index (χ4n) is 4.37. The Labute approximate surface area is 167 Å². The highest BCUT2D eigenvalue weighted by Gasteiger charge is 2.47. The Morgan fingerprint density at radius 2 is 1.90 bits per heavy atom. The number of hydrogen-bond acceptors (Lipinski definition) is 4. The predicted octanol–water partition coefficient (Wildman–Crippen LogP) is 4.33. The van der Waals surface area contributed by atoms with E-state index in [9.17, 15) is 18.3 Å². The van der Waals surface area contributed by atoms with Crippen LogP contribution in [0.2, 0.25) is 0 Å². The van der Waals surface area contributed by atoms with Crippen molar-refractivity contribution < 1.29 is 27.8 Å². The van der Waals surface area contributed by atoms with Crippen LogP contribution in [0.4, 0.5) is 13.2 Å². The SMILES string of the molecule is OC[C@]12CCOC[C@H]1CN(Cc1cccc(Oc3cccc(C(F)(F)F)c3)c1)C2. The summed E-state index contributed by atoms with van der Waals surface area (Å²) in [6.45, 7) is 3.89. The van der Waals surface area contributed by atoms with E-state index in [1.54, 1.807) is 6.07 Å². The van der Waals surface area contributed by atoms with Crippen molar-refractivity contribution in [1.82, 2.24) is 4.90 Å². The van der Waals surface area contributed by atoms with Gasteiger partial charge in [0.15, 0.2) is 0 Å². The van der Waals surface area contributed by atoms with E-state index >= 15 is 0 Å². The van der Waals surface area contributed by atoms with Crippen LogP contribution in [0.25, 0.3) is 0 Å². The molecular formula is C22H24F3NO3. The first-order valence-electron chi connectivity index (χ1n) is 9.73. The van der Waals surface area contributed by atoms with E-state index in [2.05, 4.69) is 4.90 Å². The first-order valence-corrected chi connectivity index (χ1v) is 9.73. The zero-order valence-corrected chi connectivity index (χ0v) is 16.0. The molecule has 0 saturated carbocycles. The normalized spacial score (nSPS) is 25.0. The number of rotatable bonds is 5. The van der Waals surface area contributed by atoms with Crippen LogP contribution in [0, 0.1) is 11.3 Å². The first-order chi connectivity index (χ1) is 13.9. The van der Waals surface area contributed by atoms with Crippen molar-refractivity contribution in [2.75, 3.05) is 32.9 Å². The van der Waals surface area contributed by atoms with Gasteiger partial charge in [-0.3, -0.25) is 4.90 Å². The molecule has 0 aromatic heterocycles. The second-order valence-electron chi connectivity index (χ2n) is 7.99. The van der Waals surface area contributed by atoms with E-state index < -0.39 is 11.7 Å². The van der Waals surface area contributed by atoms with Crippen LogP contribution < -0.4 is 4.74 Å². The largest absolute Gasteiger partial charge is 0.457 e. The van der Waals surface area contributed by atoms with Gasteiger partial charge in [-0.05, 0) is 42.3 Å². The summed E-state index contributed by atoms with van der Waals surface area (Å²) in [7, 11) is 0. The monoisotopic (exact) mass is 407 g/mol. The molecule has 2 fully saturated rings. The topological polar surface area (TPSA) is 41.9 Å². The molecule has 0 amide bonds. The summed E-state index contributed by atoms with van der Waals surface area (Å²) < 4.78 is 50.0. The van der Waals surface area contributed by atoms with E-state index in [0.29, 0.717) is 31.4 Å². The molecule has 0 spiro atoms. The molecule has 7 heteroatoms. The van der Waals surface area contributed by atoms with Gasteiger partial charge in [0, 0.05) is 37.6 Å². The van der Waals surface area contributed by atoms with Gasteiger partial charge in [-0.15, -0.1) is 0 Å². The number of benzene rings is 2. The predicted molar refractivity (Wildman–Crippen MR) is 102 cm³/mol. The highest BCUT2D eigenvalue weighted by molar-refractivity contribution is 5.36. The van der Waals surface area contributed by atoms with Crippen molar-refractivity contribution in [2.45, 2.75) is 19.1 Å². The Kier molecular flexibility index (Phi) is 5.55. The fourth-order valence-corrected chi connectivity index (χ4v) is 4.37. The van der Waals surface area contributed by atoms with E-state index in [4.69, 9.17) is 9.47 Å². The molecule has 29 heavy (non-hydrogen) atoms. The lowest BCUT2D eigenvalue weighted by Gasteiger charge is -2.36. The van der Waals surface area contributed by atoms with Crippen LogP contribution in [0.5, 0.6) is 11.5 Å². The molecule has 2 saturated heterocycles. The van der Waals surface area contributed by atoms with Crippen LogP contribution >= 0.6 is 0 Å². The molecule has 2 heterocycles. The van der Waals surface area contributed by atoms with E-state index in [0.717, 1.165) is 37.2 Å². The number of ether oxygens (including phenoxy) is 2. The summed E-state index contributed by atoms with van der Waals surface area (Å²) in [6, 6.07) is 12.3. The standard InChI is InChI=1S/C22H24F3NO3/c23-22(24,25)17-4-2-6-20(10-17)29-19-5-1-3-16(9-19)11-26-12-18-13-28-8-7-21(18,14-26)15-27/h1-6,9-10,18,27H,7-8,11-15H2/t18-,21-/m1/s1. The summed E-state index contributed by atoms with van der Waals surface area (Å²) in [5, 5.41) is 9.94. The van der Waals surface area contributed by atoms with E-state index in [1.807, 2.05) is 18.2 Å². The van der Waals surface area contributed by atoms with Crippen LogP contribution in [-0.4, -0.2) is 42.9 Å². The third-order valence-electron chi connectivity index (χ3n) is 5.96. The highest BCUT2D eigenvalue weighted by Crippen LogP contribution is 2.42. The van der Waals surface area contributed by atoms with Gasteiger partial charge in [0.2, 0.25) is 0 Å². The maximum absolute atomic E-state index is 12.9. The van der Waals surface area contributed by atoms with Crippen molar-refractivity contribution in [1.29, 1.82) is 0 Å². The van der Waals surface area contributed by atoms with Gasteiger partial charge >= 0.3 is 6.18 Å². The number of nitrogens with zero attached hydrogens (tertiary/aromatic N) is 1. The minimum Gasteiger partial charge on any atom is -0.457 e. The van der Waals surface area contributed by atoms with Crippen LogP contribution in [0.15, 0.2) is 48.5 Å². The molecule has 2 aliphatic rings. The molecule has 0 unspecified atom stereocenters. The van der Waals surface area contributed by atoms with Crippen molar-refractivity contribution in [2.24, 2.45) is 11.3 Å². The Morgan fingerprint density at radius 1 is 1.14 bits per heavy atom. The lowest BCUT2D eigenvalue weighted by atomic mass is 9.75. The minimum absolute atomic E-state index is 0.0929. The van der Waals surface area contributed by atoms with E-state index in [1.165, 1.54) is 12.1 Å². The third kappa shape index (κ3) is 4.42. The minimum atomic E-state index is -4.40. The molecule has 2 aromatic carbocycles. The second kappa shape index (κ2) is 7.97. The van der Waals surface area contributed by atoms with Crippen LogP contribution in [0.1, 0.15) is 17.5 Å². The molecule has 2 aliphatic heterocycles. The van der Waals surface area contributed by atoms with Crippen LogP contribution in [0.3, 0.4) is 0 Å². The number of aliphatic hydroxyl groups is 1. The summed E-state index contributed by atoms with van der Waals surface area (Å²) in [4.78, 5) is 2.30. The average molecular weight is 407 g/mol. The quantitative estimate of drug-likeness (QED) is 0.801. The summed E-state index contributed by atoms with van der Waals surface area (Å²) in [6.07, 6.45) is -3.54. The second-order valence-corrected chi connectivity index (χ2v) is 7.99. The zero-order valence-electron chi connectivity index (χ0n) is 16.0. The summed E-state index contributed by atoms with van der Waals surface area (Å²) in [5.74, 6) is 0.977. The van der Waals surface area contributed by atoms with Gasteiger partial charge in [-0.1, -0.05) is 18.2 Å². The molecule has 0 bridgehead atoms. The molecule has 4 nitrogen and oxygen atoms in total. The summed E-state index contributed by atoms with van der Waals surface area (Å²) in [5.41, 5.74) is 0.189. The molecule has 4 rings (SSSR count). The number of halogens is 3. The molecular weight excluding hydrogens is 383 g/mol. The molecule has 1 N–H and O–H groups in total. The maximum Gasteiger partial charge on any atom is 0.416 e. The Morgan fingerprint density at radius 3 is 2.62 bits per heavy atom. The molecule has 0 radical (unpaired) electrons. The Hall–Kier alpha value is -2.09. The number of aliphatic hydroxyl groups excluding tert-OH is 1. The third-order valence-corrected chi connectivity index (χ3v) is 5.96. The maximum atomic E-state index is 12.9. The molecule has 2 atom stereocenters. The molecule has 2 aromatic rings. The number of likely N-dealkylation sites (tertiary alicyclic amines) is 1. The molecule has 0 aliphatic carbocycles. The van der Waals surface area contributed by atoms with E-state index in [-0.39, 0.29) is 17.8 Å². The van der Waals surface area contributed by atoms with Gasteiger partial charge in [0.1, 0.15) is 11.5 Å². The van der Waals surface area contributed by atoms with Gasteiger partial charge < -0.3 is 14.6 Å². The van der Waals surface area contributed by atoms with Crippen molar-refractivity contribution in [3.63, 3.8) is 0 Å². The fraction of sp³-hybridized carbons (Fsp3) is 0.455. The van der Waals surface area contributed by atoms with Crippen molar-refractivity contribution >= 4 is 0 Å². The Balaban J connectivity index is 1.45. The van der Waals surface area contributed by atoms with Crippen molar-refractivity contribution in [3.8, 4) is 11.5 Å². The van der Waals surface area contributed by atoms with Gasteiger partial charge in [0.05, 0.1) is 18.8 Å². The van der Waals surface area contributed by atoms with Gasteiger partial charge in [0.25, 0.3) is 0 Å². The number of hydrogen-bond donors (Lipinski definition) is 1. The summed E-state index contributed by atoms with van der Waals surface area (Å²) >= 11 is 0. The average Bonchev–Trinajstić information content (AvgIpc) is 3.06.